The SMILES string of the molecule is CCCC1(CSC(CCc2ccccc2C(C)(C)O)c2cccc(C=Cc3ccc4ccc(Cl)cc4n3)c2)CC1. The summed E-state index contributed by atoms with van der Waals surface area (Å²) in [4.78, 5) is 4.78. The zero-order valence-corrected chi connectivity index (χ0v) is 25.4. The van der Waals surface area contributed by atoms with Crippen LogP contribution in [0.25, 0.3) is 23.1 Å². The van der Waals surface area contributed by atoms with Crippen molar-refractivity contribution in [1.82, 2.24) is 4.98 Å². The van der Waals surface area contributed by atoms with Crippen LogP contribution in [0.2, 0.25) is 5.02 Å². The molecule has 0 radical (unpaired) electrons. The summed E-state index contributed by atoms with van der Waals surface area (Å²) in [6.07, 6.45) is 11.6. The van der Waals surface area contributed by atoms with Gasteiger partial charge in [-0.3, -0.25) is 0 Å². The summed E-state index contributed by atoms with van der Waals surface area (Å²) in [5.74, 6) is 1.22. The van der Waals surface area contributed by atoms with E-state index in [1.807, 2.05) is 38.1 Å². The summed E-state index contributed by atoms with van der Waals surface area (Å²) in [7, 11) is 0. The van der Waals surface area contributed by atoms with Gasteiger partial charge in [0.05, 0.1) is 16.8 Å². The lowest BCUT2D eigenvalue weighted by molar-refractivity contribution is 0.0776. The topological polar surface area (TPSA) is 33.1 Å². The third-order valence-corrected chi connectivity index (χ3v) is 10.0. The highest BCUT2D eigenvalue weighted by atomic mass is 35.5. The lowest BCUT2D eigenvalue weighted by Gasteiger charge is -2.24. The molecule has 1 N–H and O–H groups in total. The second kappa shape index (κ2) is 12.5. The summed E-state index contributed by atoms with van der Waals surface area (Å²) in [6, 6.07) is 27.3. The molecule has 1 fully saturated rings. The normalized spacial score (nSPS) is 15.5. The monoisotopic (exact) mass is 569 g/mol. The highest BCUT2D eigenvalue weighted by Gasteiger charge is 2.41. The Balaban J connectivity index is 1.36. The quantitative estimate of drug-likeness (QED) is 0.184. The summed E-state index contributed by atoms with van der Waals surface area (Å²) in [5.41, 5.74) is 6.37. The number of halogens is 1. The average molecular weight is 570 g/mol. The molecule has 1 aliphatic rings. The van der Waals surface area contributed by atoms with Crippen LogP contribution in [-0.2, 0) is 12.0 Å². The fourth-order valence-corrected chi connectivity index (χ4v) is 7.44. The number of hydrogen-bond donors (Lipinski definition) is 1. The van der Waals surface area contributed by atoms with E-state index in [1.165, 1.54) is 48.1 Å². The first kappa shape index (κ1) is 28.9. The van der Waals surface area contributed by atoms with Gasteiger partial charge in [-0.15, -0.1) is 0 Å². The van der Waals surface area contributed by atoms with Crippen LogP contribution in [-0.4, -0.2) is 15.8 Å². The molecule has 1 unspecified atom stereocenters. The van der Waals surface area contributed by atoms with Crippen LogP contribution in [0.5, 0.6) is 0 Å². The second-order valence-corrected chi connectivity index (χ2v) is 13.5. The Morgan fingerprint density at radius 3 is 2.58 bits per heavy atom. The summed E-state index contributed by atoms with van der Waals surface area (Å²) >= 11 is 8.32. The number of hydrogen-bond acceptors (Lipinski definition) is 3. The molecule has 5 rings (SSSR count). The van der Waals surface area contributed by atoms with Gasteiger partial charge in [-0.1, -0.05) is 91.7 Å². The average Bonchev–Trinajstić information content (AvgIpc) is 3.71. The van der Waals surface area contributed by atoms with E-state index < -0.39 is 5.60 Å². The van der Waals surface area contributed by atoms with Crippen LogP contribution in [0, 0.1) is 5.41 Å². The minimum absolute atomic E-state index is 0.401. The Morgan fingerprint density at radius 1 is 1.00 bits per heavy atom. The molecule has 4 aromatic rings. The van der Waals surface area contributed by atoms with Crippen molar-refractivity contribution in [3.63, 3.8) is 0 Å². The molecule has 1 heterocycles. The van der Waals surface area contributed by atoms with Gasteiger partial charge in [-0.2, -0.15) is 11.8 Å². The van der Waals surface area contributed by atoms with Crippen molar-refractivity contribution in [1.29, 1.82) is 0 Å². The van der Waals surface area contributed by atoms with E-state index >= 15 is 0 Å². The van der Waals surface area contributed by atoms with Crippen molar-refractivity contribution >= 4 is 46.4 Å². The molecule has 4 heteroatoms. The van der Waals surface area contributed by atoms with Gasteiger partial charge >= 0.3 is 0 Å². The van der Waals surface area contributed by atoms with Crippen LogP contribution < -0.4 is 0 Å². The van der Waals surface area contributed by atoms with Crippen LogP contribution >= 0.6 is 23.4 Å². The molecule has 0 amide bonds. The van der Waals surface area contributed by atoms with Gasteiger partial charge in [0, 0.05) is 15.7 Å². The van der Waals surface area contributed by atoms with E-state index in [9.17, 15) is 5.11 Å². The summed E-state index contributed by atoms with van der Waals surface area (Å²) < 4.78 is 0. The van der Waals surface area contributed by atoms with Crippen molar-refractivity contribution in [3.05, 3.63) is 112 Å². The number of pyridine rings is 1. The fraction of sp³-hybridized carbons (Fsp3) is 0.361. The van der Waals surface area contributed by atoms with Crippen molar-refractivity contribution in [3.8, 4) is 0 Å². The molecule has 1 aliphatic carbocycles. The first-order valence-corrected chi connectivity index (χ1v) is 15.9. The Bertz CT molecular complexity index is 1480. The van der Waals surface area contributed by atoms with Crippen LogP contribution in [0.4, 0.5) is 0 Å². The number of rotatable bonds is 12. The Hall–Kier alpha value is -2.59. The molecule has 1 saturated carbocycles. The Morgan fingerprint density at radius 2 is 1.80 bits per heavy atom. The van der Waals surface area contributed by atoms with Crippen molar-refractivity contribution < 1.29 is 5.11 Å². The first-order valence-electron chi connectivity index (χ1n) is 14.5. The maximum Gasteiger partial charge on any atom is 0.0843 e. The molecule has 1 aromatic heterocycles. The molecule has 0 bridgehead atoms. The highest BCUT2D eigenvalue weighted by Crippen LogP contribution is 2.54. The number of thioether (sulfide) groups is 1. The number of fused-ring (bicyclic) bond motifs is 1. The van der Waals surface area contributed by atoms with E-state index in [4.69, 9.17) is 16.6 Å². The zero-order chi connectivity index (χ0) is 28.2. The Kier molecular flexibility index (Phi) is 9.05. The highest BCUT2D eigenvalue weighted by molar-refractivity contribution is 7.99. The maximum absolute atomic E-state index is 10.8. The lowest BCUT2D eigenvalue weighted by atomic mass is 9.90. The van der Waals surface area contributed by atoms with E-state index in [1.54, 1.807) is 0 Å². The van der Waals surface area contributed by atoms with Crippen molar-refractivity contribution in [2.24, 2.45) is 5.41 Å². The van der Waals surface area contributed by atoms with Crippen LogP contribution in [0.3, 0.4) is 0 Å². The standard InChI is InChI=1S/C36H40ClNOS/c1-4-20-36(21-22-36)25-40-34(19-15-27-9-5-6-11-32(27)35(2,3)39)29-10-7-8-26(23-29)12-17-31-18-14-28-13-16-30(37)24-33(28)38-31/h5-14,16-18,23-24,34,39H,4,15,19-22,25H2,1-3H3. The molecular formula is C36H40ClNOS. The number of aryl methyl sites for hydroxylation is 1. The number of benzene rings is 3. The van der Waals surface area contributed by atoms with E-state index in [-0.39, 0.29) is 0 Å². The molecule has 0 spiro atoms. The molecule has 40 heavy (non-hydrogen) atoms. The number of aromatic nitrogens is 1. The van der Waals surface area contributed by atoms with Crippen molar-refractivity contribution in [2.75, 3.05) is 5.75 Å². The maximum atomic E-state index is 10.8. The lowest BCUT2D eigenvalue weighted by Crippen LogP contribution is -2.18. The molecule has 0 aliphatic heterocycles. The Labute approximate surface area is 248 Å². The predicted molar refractivity (Wildman–Crippen MR) is 174 cm³/mol. The van der Waals surface area contributed by atoms with Crippen LogP contribution in [0.15, 0.2) is 78.9 Å². The third kappa shape index (κ3) is 7.37. The van der Waals surface area contributed by atoms with Crippen LogP contribution in [0.1, 0.15) is 86.1 Å². The summed E-state index contributed by atoms with van der Waals surface area (Å²) in [6.45, 7) is 6.08. The smallest absolute Gasteiger partial charge is 0.0843 e. The molecule has 1 atom stereocenters. The number of aliphatic hydroxyl groups is 1. The molecular weight excluding hydrogens is 530 g/mol. The first-order chi connectivity index (χ1) is 19.2. The van der Waals surface area contributed by atoms with Crippen molar-refractivity contribution in [2.45, 2.75) is 70.1 Å². The predicted octanol–water partition coefficient (Wildman–Crippen LogP) is 10.3. The van der Waals surface area contributed by atoms with E-state index in [2.05, 4.69) is 85.4 Å². The molecule has 208 valence electrons. The fourth-order valence-electron chi connectivity index (χ4n) is 5.66. The third-order valence-electron chi connectivity index (χ3n) is 8.09. The van der Waals surface area contributed by atoms with E-state index in [0.717, 1.165) is 35.0 Å². The molecule has 2 nitrogen and oxygen atoms in total. The number of nitrogens with zero attached hydrogens (tertiary/aromatic N) is 1. The van der Waals surface area contributed by atoms with Gasteiger partial charge in [-0.05, 0) is 104 Å². The second-order valence-electron chi connectivity index (χ2n) is 11.9. The van der Waals surface area contributed by atoms with Gasteiger partial charge in [0.15, 0.2) is 0 Å². The molecule has 3 aromatic carbocycles. The van der Waals surface area contributed by atoms with Gasteiger partial charge in [-0.25, -0.2) is 4.98 Å². The summed E-state index contributed by atoms with van der Waals surface area (Å²) in [5, 5.41) is 13.0. The van der Waals surface area contributed by atoms with E-state index in [0.29, 0.717) is 15.7 Å². The van der Waals surface area contributed by atoms with Gasteiger partial charge in [0.25, 0.3) is 0 Å². The minimum atomic E-state index is -0.842. The van der Waals surface area contributed by atoms with Gasteiger partial charge < -0.3 is 5.11 Å². The zero-order valence-electron chi connectivity index (χ0n) is 23.9. The molecule has 0 saturated heterocycles. The largest absolute Gasteiger partial charge is 0.386 e. The van der Waals surface area contributed by atoms with Gasteiger partial charge in [0.2, 0.25) is 0 Å². The minimum Gasteiger partial charge on any atom is -0.386 e. The van der Waals surface area contributed by atoms with Gasteiger partial charge in [0.1, 0.15) is 0 Å².